The van der Waals surface area contributed by atoms with Crippen molar-refractivity contribution in [2.45, 2.75) is 33.0 Å². The quantitative estimate of drug-likeness (QED) is 0.581. The summed E-state index contributed by atoms with van der Waals surface area (Å²) < 4.78 is 65.8. The van der Waals surface area contributed by atoms with Gasteiger partial charge in [0.05, 0.1) is 11.4 Å². The fourth-order valence-corrected chi connectivity index (χ4v) is 3.99. The predicted molar refractivity (Wildman–Crippen MR) is 98.4 cm³/mol. The van der Waals surface area contributed by atoms with Crippen LogP contribution in [0, 0.1) is 13.8 Å². The predicted octanol–water partition coefficient (Wildman–Crippen LogP) is 3.80. The van der Waals surface area contributed by atoms with Gasteiger partial charge in [-0.15, -0.1) is 11.3 Å². The van der Waals surface area contributed by atoms with Crippen molar-refractivity contribution in [3.8, 4) is 0 Å². The van der Waals surface area contributed by atoms with Gasteiger partial charge in [0.2, 0.25) is 5.91 Å². The Morgan fingerprint density at radius 1 is 1.27 bits per heavy atom. The molecule has 0 atom stereocenters. The highest BCUT2D eigenvalue weighted by atomic mass is 32.1. The fourth-order valence-electron chi connectivity index (χ4n) is 2.92. The number of halogens is 5. The van der Waals surface area contributed by atoms with Gasteiger partial charge >= 0.3 is 6.18 Å². The van der Waals surface area contributed by atoms with E-state index >= 15 is 0 Å². The van der Waals surface area contributed by atoms with Crippen molar-refractivity contribution in [1.29, 1.82) is 0 Å². The first-order valence-electron chi connectivity index (χ1n) is 8.32. The summed E-state index contributed by atoms with van der Waals surface area (Å²) in [4.78, 5) is 27.9. The third-order valence-electron chi connectivity index (χ3n) is 4.08. The first kappa shape index (κ1) is 21.6. The smallest absolute Gasteiger partial charge is 0.365 e. The van der Waals surface area contributed by atoms with E-state index in [1.165, 1.54) is 13.8 Å². The van der Waals surface area contributed by atoms with Gasteiger partial charge in [0.1, 0.15) is 27.6 Å². The second-order valence-electron chi connectivity index (χ2n) is 6.39. The van der Waals surface area contributed by atoms with Gasteiger partial charge in [0.25, 0.3) is 12.3 Å². The summed E-state index contributed by atoms with van der Waals surface area (Å²) in [6, 6.07) is 1.89. The minimum atomic E-state index is -4.72. The van der Waals surface area contributed by atoms with E-state index in [0.29, 0.717) is 21.6 Å². The van der Waals surface area contributed by atoms with Crippen molar-refractivity contribution in [2.75, 3.05) is 5.32 Å². The van der Waals surface area contributed by atoms with E-state index in [0.717, 1.165) is 12.1 Å². The Hall–Kier alpha value is -3.09. The van der Waals surface area contributed by atoms with Crippen LogP contribution in [0.4, 0.5) is 27.6 Å². The molecule has 0 aliphatic carbocycles. The van der Waals surface area contributed by atoms with E-state index in [-0.39, 0.29) is 26.5 Å². The second-order valence-corrected chi connectivity index (χ2v) is 7.39. The maximum Gasteiger partial charge on any atom is 0.433 e. The van der Waals surface area contributed by atoms with Crippen molar-refractivity contribution in [3.05, 3.63) is 39.7 Å². The van der Waals surface area contributed by atoms with Crippen LogP contribution in [0.25, 0.3) is 10.2 Å². The summed E-state index contributed by atoms with van der Waals surface area (Å²) in [5.74, 6) is -1.86. The van der Waals surface area contributed by atoms with Gasteiger partial charge in [-0.3, -0.25) is 14.3 Å². The number of primary amides is 1. The lowest BCUT2D eigenvalue weighted by Gasteiger charge is -2.11. The van der Waals surface area contributed by atoms with Crippen molar-refractivity contribution >= 4 is 39.1 Å². The van der Waals surface area contributed by atoms with Gasteiger partial charge in [0, 0.05) is 5.39 Å². The Labute approximate surface area is 169 Å². The molecule has 7 nitrogen and oxygen atoms in total. The second kappa shape index (κ2) is 7.63. The third kappa shape index (κ3) is 4.10. The number of nitrogens with one attached hydrogen (secondary N) is 1. The molecular formula is C17H14F5N5O2S. The third-order valence-corrected chi connectivity index (χ3v) is 5.17. The van der Waals surface area contributed by atoms with Crippen LogP contribution in [-0.4, -0.2) is 26.6 Å². The number of nitrogens with zero attached hydrogens (tertiary/aromatic N) is 3. The zero-order valence-corrected chi connectivity index (χ0v) is 16.3. The number of aromatic nitrogens is 3. The Kier molecular flexibility index (Phi) is 5.50. The van der Waals surface area contributed by atoms with Crippen LogP contribution in [0.2, 0.25) is 0 Å². The Balaban J connectivity index is 2.00. The number of fused-ring (bicyclic) bond motifs is 1. The van der Waals surface area contributed by atoms with Gasteiger partial charge < -0.3 is 11.1 Å². The van der Waals surface area contributed by atoms with Crippen molar-refractivity contribution < 1.29 is 31.5 Å². The SMILES string of the molecule is Cc1cc(C(F)(F)F)n(CC(=O)Nc2c(C(N)=O)sc3nc(C(F)F)cc(C)c23)n1. The minimum Gasteiger partial charge on any atom is -0.365 e. The van der Waals surface area contributed by atoms with Crippen molar-refractivity contribution in [1.82, 2.24) is 14.8 Å². The van der Waals surface area contributed by atoms with Crippen LogP contribution in [-0.2, 0) is 17.5 Å². The molecule has 2 amide bonds. The lowest BCUT2D eigenvalue weighted by molar-refractivity contribution is -0.144. The monoisotopic (exact) mass is 447 g/mol. The van der Waals surface area contributed by atoms with E-state index < -0.39 is 42.3 Å². The molecule has 0 radical (unpaired) electrons. The zero-order chi connectivity index (χ0) is 22.4. The molecule has 0 fully saturated rings. The maximum atomic E-state index is 13.1. The zero-order valence-electron chi connectivity index (χ0n) is 15.5. The molecule has 3 N–H and O–H groups in total. The van der Waals surface area contributed by atoms with Gasteiger partial charge in [-0.1, -0.05) is 0 Å². The maximum absolute atomic E-state index is 13.1. The Morgan fingerprint density at radius 3 is 2.50 bits per heavy atom. The molecule has 3 aromatic heterocycles. The van der Waals surface area contributed by atoms with Gasteiger partial charge in [-0.2, -0.15) is 18.3 Å². The van der Waals surface area contributed by atoms with Gasteiger partial charge in [-0.25, -0.2) is 13.8 Å². The summed E-state index contributed by atoms with van der Waals surface area (Å²) in [5.41, 5.74) is 3.96. The Morgan fingerprint density at radius 2 is 1.93 bits per heavy atom. The fraction of sp³-hybridized carbons (Fsp3) is 0.294. The number of amides is 2. The number of alkyl halides is 5. The van der Waals surface area contributed by atoms with E-state index in [9.17, 15) is 31.5 Å². The number of carbonyl (C=O) groups excluding carboxylic acids is 2. The number of rotatable bonds is 5. The van der Waals surface area contributed by atoms with Crippen LogP contribution in [0.15, 0.2) is 12.1 Å². The molecule has 3 heterocycles. The van der Waals surface area contributed by atoms with Gasteiger partial charge in [-0.05, 0) is 31.5 Å². The van der Waals surface area contributed by atoms with Crippen LogP contribution >= 0.6 is 11.3 Å². The number of thiophene rings is 1. The molecular weight excluding hydrogens is 433 g/mol. The Bertz CT molecular complexity index is 1150. The number of nitrogens with two attached hydrogens (primary N) is 1. The van der Waals surface area contributed by atoms with Gasteiger partial charge in [0.15, 0.2) is 0 Å². The molecule has 0 saturated heterocycles. The average molecular weight is 447 g/mol. The molecule has 0 saturated carbocycles. The largest absolute Gasteiger partial charge is 0.433 e. The highest BCUT2D eigenvalue weighted by Gasteiger charge is 2.36. The van der Waals surface area contributed by atoms with Crippen LogP contribution in [0.3, 0.4) is 0 Å². The first-order chi connectivity index (χ1) is 13.9. The number of hydrogen-bond donors (Lipinski definition) is 2. The van der Waals surface area contributed by atoms with E-state index in [1.54, 1.807) is 0 Å². The standard InChI is InChI=1S/C17H14F5N5O2S/c1-6-3-8(14(18)19)24-16-11(6)12(13(30-16)15(23)29)25-10(28)5-27-9(17(20,21)22)4-7(2)26-27/h3-4,14H,5H2,1-2H3,(H2,23,29)(H,25,28). The number of carbonyl (C=O) groups is 2. The molecule has 0 unspecified atom stereocenters. The summed E-state index contributed by atoms with van der Waals surface area (Å²) in [7, 11) is 0. The molecule has 30 heavy (non-hydrogen) atoms. The van der Waals surface area contributed by atoms with Crippen LogP contribution in [0.1, 0.15) is 38.7 Å². The molecule has 0 aliphatic heterocycles. The lowest BCUT2D eigenvalue weighted by atomic mass is 10.1. The normalized spacial score (nSPS) is 12.0. The number of pyridine rings is 1. The molecule has 0 aromatic carbocycles. The number of aryl methyl sites for hydroxylation is 2. The van der Waals surface area contributed by atoms with Crippen molar-refractivity contribution in [3.63, 3.8) is 0 Å². The highest BCUT2D eigenvalue weighted by molar-refractivity contribution is 7.21. The number of hydrogen-bond acceptors (Lipinski definition) is 5. The van der Waals surface area contributed by atoms with Crippen molar-refractivity contribution in [2.24, 2.45) is 5.73 Å². The van der Waals surface area contributed by atoms with E-state index in [4.69, 9.17) is 5.73 Å². The molecule has 3 aromatic rings. The number of anilines is 1. The van der Waals surface area contributed by atoms with Crippen LogP contribution < -0.4 is 11.1 Å². The van der Waals surface area contributed by atoms with Crippen LogP contribution in [0.5, 0.6) is 0 Å². The lowest BCUT2D eigenvalue weighted by Crippen LogP contribution is -2.24. The first-order valence-corrected chi connectivity index (χ1v) is 9.13. The summed E-state index contributed by atoms with van der Waals surface area (Å²) in [6.07, 6.45) is -7.57. The summed E-state index contributed by atoms with van der Waals surface area (Å²) in [6.45, 7) is 2.03. The molecule has 3 rings (SSSR count). The van der Waals surface area contributed by atoms with E-state index in [2.05, 4.69) is 15.4 Å². The molecule has 0 aliphatic rings. The topological polar surface area (TPSA) is 103 Å². The molecule has 0 bridgehead atoms. The molecule has 13 heteroatoms. The minimum absolute atomic E-state index is 0.0420. The summed E-state index contributed by atoms with van der Waals surface area (Å²) in [5, 5.41) is 6.23. The van der Waals surface area contributed by atoms with E-state index in [1.807, 2.05) is 0 Å². The average Bonchev–Trinajstić information content (AvgIpc) is 3.15. The molecule has 0 spiro atoms. The highest BCUT2D eigenvalue weighted by Crippen LogP contribution is 2.38. The molecule has 160 valence electrons. The summed E-state index contributed by atoms with van der Waals surface area (Å²) >= 11 is 0.701.